The normalized spacial score (nSPS) is 11.8. The predicted octanol–water partition coefficient (Wildman–Crippen LogP) is 3.53. The van der Waals surface area contributed by atoms with Crippen molar-refractivity contribution in [3.8, 4) is 0 Å². The van der Waals surface area contributed by atoms with Crippen molar-refractivity contribution in [2.24, 2.45) is 10.2 Å². The molecule has 1 aromatic carbocycles. The Morgan fingerprint density at radius 2 is 2.33 bits per heavy atom. The summed E-state index contributed by atoms with van der Waals surface area (Å²) < 4.78 is 17.5. The fraction of sp³-hybridized carbons (Fsp3) is 0.182. The lowest BCUT2D eigenvalue weighted by Crippen LogP contribution is -2.05. The summed E-state index contributed by atoms with van der Waals surface area (Å²) in [6.07, 6.45) is 0.479. The van der Waals surface area contributed by atoms with Gasteiger partial charge in [0.1, 0.15) is 12.1 Å². The van der Waals surface area contributed by atoms with Crippen LogP contribution in [0.1, 0.15) is 6.92 Å². The number of hydrogen-bond donors (Lipinski definition) is 1. The van der Waals surface area contributed by atoms with E-state index in [1.807, 2.05) is 0 Å². The number of rotatable bonds is 4. The van der Waals surface area contributed by atoms with Gasteiger partial charge in [-0.1, -0.05) is 11.6 Å². The van der Waals surface area contributed by atoms with Crippen LogP contribution in [0.3, 0.4) is 0 Å². The molecule has 0 spiro atoms. The third kappa shape index (κ3) is 3.81. The highest BCUT2D eigenvalue weighted by Crippen LogP contribution is 2.22. The molecule has 0 fully saturated rings. The summed E-state index contributed by atoms with van der Waals surface area (Å²) in [5, 5.41) is 15.8. The Balaban J connectivity index is 2.84. The van der Waals surface area contributed by atoms with E-state index in [2.05, 4.69) is 15.0 Å². The second-order valence-electron chi connectivity index (χ2n) is 3.03. The van der Waals surface area contributed by atoms with Crippen molar-refractivity contribution < 1.29 is 19.0 Å². The quantitative estimate of drug-likeness (QED) is 0.394. The fourth-order valence-corrected chi connectivity index (χ4v) is 1.16. The molecule has 5 nitrogen and oxygen atoms in total. The molecule has 0 saturated heterocycles. The third-order valence-corrected chi connectivity index (χ3v) is 2.07. The van der Waals surface area contributed by atoms with E-state index in [1.54, 1.807) is 6.92 Å². The zero-order chi connectivity index (χ0) is 13.5. The van der Waals surface area contributed by atoms with E-state index in [0.29, 0.717) is 6.26 Å². The molecule has 0 radical (unpaired) electrons. The number of benzene rings is 1. The van der Waals surface area contributed by atoms with Gasteiger partial charge in [0.15, 0.2) is 0 Å². The smallest absolute Gasteiger partial charge is 0.362 e. The summed E-state index contributed by atoms with van der Waals surface area (Å²) in [6, 6.07) is 3.68. The molecule has 0 saturated carbocycles. The lowest BCUT2D eigenvalue weighted by atomic mass is 10.3. The predicted molar refractivity (Wildman–Crippen MR) is 63.3 cm³/mol. The Bertz CT molecular complexity index is 503. The van der Waals surface area contributed by atoms with Gasteiger partial charge in [0.25, 0.3) is 0 Å². The van der Waals surface area contributed by atoms with Crippen LogP contribution in [0.4, 0.5) is 10.1 Å². The van der Waals surface area contributed by atoms with Crippen LogP contribution in [0.2, 0.25) is 5.02 Å². The highest BCUT2D eigenvalue weighted by molar-refractivity contribution is 6.30. The number of esters is 1. The Kier molecular flexibility index (Phi) is 5.26. The minimum Gasteiger partial charge on any atom is -0.513 e. The summed E-state index contributed by atoms with van der Waals surface area (Å²) in [5.74, 6) is -1.39. The van der Waals surface area contributed by atoms with Gasteiger partial charge in [-0.15, -0.1) is 5.11 Å². The molecular formula is C11H10ClFN2O3. The number of halogens is 2. The minimum atomic E-state index is -0.808. The largest absolute Gasteiger partial charge is 0.513 e. The highest BCUT2D eigenvalue weighted by atomic mass is 35.5. The summed E-state index contributed by atoms with van der Waals surface area (Å²) >= 11 is 5.54. The van der Waals surface area contributed by atoms with Crippen LogP contribution in [-0.4, -0.2) is 17.7 Å². The molecular weight excluding hydrogens is 263 g/mol. The molecule has 96 valence electrons. The number of ether oxygens (including phenoxy) is 1. The van der Waals surface area contributed by atoms with Crippen molar-refractivity contribution in [1.82, 2.24) is 0 Å². The van der Waals surface area contributed by atoms with Crippen LogP contribution in [0.15, 0.2) is 40.4 Å². The van der Waals surface area contributed by atoms with Gasteiger partial charge in [0, 0.05) is 0 Å². The first kappa shape index (κ1) is 14.1. The second kappa shape index (κ2) is 6.70. The van der Waals surface area contributed by atoms with E-state index in [0.717, 1.165) is 6.07 Å². The molecule has 0 aliphatic rings. The number of carbonyl (C=O) groups is 1. The zero-order valence-corrected chi connectivity index (χ0v) is 10.2. The summed E-state index contributed by atoms with van der Waals surface area (Å²) in [4.78, 5) is 11.2. The molecule has 18 heavy (non-hydrogen) atoms. The Morgan fingerprint density at radius 3 is 2.89 bits per heavy atom. The monoisotopic (exact) mass is 272 g/mol. The number of aliphatic hydroxyl groups is 1. The van der Waals surface area contributed by atoms with Crippen LogP contribution >= 0.6 is 11.6 Å². The number of aliphatic hydroxyl groups excluding tert-OH is 1. The SMILES string of the molecule is CCOC(=O)C(=CO)N=Nc1ccc(F)c(Cl)c1. The van der Waals surface area contributed by atoms with E-state index in [4.69, 9.17) is 16.7 Å². The van der Waals surface area contributed by atoms with E-state index in [1.165, 1.54) is 12.1 Å². The van der Waals surface area contributed by atoms with Crippen molar-refractivity contribution in [3.63, 3.8) is 0 Å². The van der Waals surface area contributed by atoms with Gasteiger partial charge >= 0.3 is 5.97 Å². The number of hydrogen-bond acceptors (Lipinski definition) is 5. The van der Waals surface area contributed by atoms with Crippen molar-refractivity contribution in [3.05, 3.63) is 41.0 Å². The average molecular weight is 273 g/mol. The average Bonchev–Trinajstić information content (AvgIpc) is 2.34. The van der Waals surface area contributed by atoms with Crippen LogP contribution in [-0.2, 0) is 9.53 Å². The standard InChI is InChI=1S/C11H10ClFN2O3/c1-2-18-11(17)10(6-16)15-14-7-3-4-9(13)8(12)5-7/h3-6,16H,2H2,1H3. The third-order valence-electron chi connectivity index (χ3n) is 1.78. The van der Waals surface area contributed by atoms with Gasteiger partial charge in [-0.2, -0.15) is 5.11 Å². The molecule has 0 aromatic heterocycles. The van der Waals surface area contributed by atoms with Gasteiger partial charge in [0.05, 0.1) is 17.3 Å². The number of nitrogens with zero attached hydrogens (tertiary/aromatic N) is 2. The van der Waals surface area contributed by atoms with Crippen LogP contribution in [0, 0.1) is 5.82 Å². The van der Waals surface area contributed by atoms with Crippen molar-refractivity contribution >= 4 is 23.3 Å². The Morgan fingerprint density at radius 1 is 1.61 bits per heavy atom. The molecule has 7 heteroatoms. The lowest BCUT2D eigenvalue weighted by Gasteiger charge is -1.99. The Hall–Kier alpha value is -1.95. The molecule has 0 amide bonds. The molecule has 0 unspecified atom stereocenters. The zero-order valence-electron chi connectivity index (χ0n) is 9.43. The lowest BCUT2D eigenvalue weighted by molar-refractivity contribution is -0.138. The maximum absolute atomic E-state index is 12.9. The maximum Gasteiger partial charge on any atom is 0.362 e. The van der Waals surface area contributed by atoms with Crippen LogP contribution in [0.5, 0.6) is 0 Å². The maximum atomic E-state index is 12.9. The van der Waals surface area contributed by atoms with Gasteiger partial charge < -0.3 is 9.84 Å². The molecule has 0 aliphatic heterocycles. The van der Waals surface area contributed by atoms with Crippen molar-refractivity contribution in [1.29, 1.82) is 0 Å². The van der Waals surface area contributed by atoms with E-state index < -0.39 is 11.8 Å². The Labute approximate surface area is 108 Å². The first-order valence-electron chi connectivity index (χ1n) is 4.96. The first-order chi connectivity index (χ1) is 8.58. The van der Waals surface area contributed by atoms with Crippen LogP contribution in [0.25, 0.3) is 0 Å². The highest BCUT2D eigenvalue weighted by Gasteiger charge is 2.09. The topological polar surface area (TPSA) is 71.2 Å². The number of carbonyl (C=O) groups excluding carboxylic acids is 1. The molecule has 0 atom stereocenters. The molecule has 0 heterocycles. The van der Waals surface area contributed by atoms with Gasteiger partial charge in [-0.05, 0) is 25.1 Å². The van der Waals surface area contributed by atoms with E-state index in [9.17, 15) is 9.18 Å². The van der Waals surface area contributed by atoms with Gasteiger partial charge in [-0.3, -0.25) is 0 Å². The molecule has 1 aromatic rings. The molecule has 0 aliphatic carbocycles. The summed E-state index contributed by atoms with van der Waals surface area (Å²) in [7, 11) is 0. The molecule has 0 bridgehead atoms. The fourth-order valence-electron chi connectivity index (χ4n) is 0.983. The van der Waals surface area contributed by atoms with Crippen molar-refractivity contribution in [2.45, 2.75) is 6.92 Å². The van der Waals surface area contributed by atoms with E-state index >= 15 is 0 Å². The number of azo groups is 1. The minimum absolute atomic E-state index is 0.114. The summed E-state index contributed by atoms with van der Waals surface area (Å²) in [6.45, 7) is 1.76. The molecule has 1 rings (SSSR count). The molecule has 1 N–H and O–H groups in total. The van der Waals surface area contributed by atoms with Crippen molar-refractivity contribution in [2.75, 3.05) is 6.61 Å². The first-order valence-corrected chi connectivity index (χ1v) is 5.34. The van der Waals surface area contributed by atoms with Gasteiger partial charge in [0.2, 0.25) is 5.70 Å². The van der Waals surface area contributed by atoms with Gasteiger partial charge in [-0.25, -0.2) is 9.18 Å². The summed E-state index contributed by atoms with van der Waals surface area (Å²) in [5.41, 5.74) is -0.123. The second-order valence-corrected chi connectivity index (χ2v) is 3.44. The van der Waals surface area contributed by atoms with E-state index in [-0.39, 0.29) is 23.0 Å². The van der Waals surface area contributed by atoms with Crippen LogP contribution < -0.4 is 0 Å².